The van der Waals surface area contributed by atoms with Crippen molar-refractivity contribution in [3.8, 4) is 0 Å². The maximum atomic E-state index is 13.4. The molecule has 1 aliphatic heterocycles. The summed E-state index contributed by atoms with van der Waals surface area (Å²) in [4.78, 5) is 26.5. The van der Waals surface area contributed by atoms with Gasteiger partial charge in [-0.05, 0) is 51.4 Å². The predicted octanol–water partition coefficient (Wildman–Crippen LogP) is 14.7. The van der Waals surface area contributed by atoms with Gasteiger partial charge in [0.15, 0.2) is 12.4 Å². The first-order valence-corrected chi connectivity index (χ1v) is 31.3. The van der Waals surface area contributed by atoms with E-state index in [0.29, 0.717) is 12.8 Å². The molecule has 0 aliphatic carbocycles. The number of aliphatic hydroxyl groups is 5. The number of amides is 1. The van der Waals surface area contributed by atoms with Crippen molar-refractivity contribution in [1.29, 1.82) is 0 Å². The second-order valence-corrected chi connectivity index (χ2v) is 21.8. The van der Waals surface area contributed by atoms with Crippen molar-refractivity contribution in [2.75, 3.05) is 13.2 Å². The number of esters is 1. The molecule has 434 valence electrons. The Morgan fingerprint density at radius 3 is 1.38 bits per heavy atom. The Kier molecular flexibility index (Phi) is 48.8. The van der Waals surface area contributed by atoms with Crippen LogP contribution in [-0.4, -0.2) is 99.6 Å². The fraction of sp³-hybridized carbons (Fsp3) is 0.873. The van der Waals surface area contributed by atoms with Gasteiger partial charge in [-0.15, -0.1) is 0 Å². The van der Waals surface area contributed by atoms with Crippen LogP contribution in [0.2, 0.25) is 0 Å². The highest BCUT2D eigenvalue weighted by Crippen LogP contribution is 2.26. The summed E-state index contributed by atoms with van der Waals surface area (Å²) in [6, 6.07) is -1.03. The van der Waals surface area contributed by atoms with Crippen molar-refractivity contribution in [3.63, 3.8) is 0 Å². The lowest BCUT2D eigenvalue weighted by molar-refractivity contribution is -0.305. The summed E-state index contributed by atoms with van der Waals surface area (Å²) in [5, 5.41) is 56.9. The van der Waals surface area contributed by atoms with Crippen LogP contribution in [0.3, 0.4) is 0 Å². The van der Waals surface area contributed by atoms with E-state index in [0.717, 1.165) is 77.0 Å². The van der Waals surface area contributed by atoms with Gasteiger partial charge in [0.05, 0.1) is 25.4 Å². The molecule has 0 spiro atoms. The summed E-state index contributed by atoms with van der Waals surface area (Å²) in [6.45, 7) is 5.77. The zero-order valence-electron chi connectivity index (χ0n) is 48.0. The van der Waals surface area contributed by atoms with Gasteiger partial charge < -0.3 is 45.1 Å². The highest BCUT2D eigenvalue weighted by Gasteiger charge is 2.47. The van der Waals surface area contributed by atoms with Crippen LogP contribution in [0.5, 0.6) is 0 Å². The summed E-state index contributed by atoms with van der Waals surface area (Å²) in [5.74, 6) is -1.20. The van der Waals surface area contributed by atoms with Gasteiger partial charge in [-0.2, -0.15) is 0 Å². The zero-order valence-corrected chi connectivity index (χ0v) is 48.0. The summed E-state index contributed by atoms with van der Waals surface area (Å²) < 4.78 is 17.6. The number of aliphatic hydroxyl groups excluding tert-OH is 5. The van der Waals surface area contributed by atoms with Crippen LogP contribution in [0.15, 0.2) is 36.5 Å². The second kappa shape index (κ2) is 51.6. The molecule has 0 aromatic rings. The Labute approximate surface area is 453 Å². The Hall–Kier alpha value is -2.12. The average Bonchev–Trinajstić information content (AvgIpc) is 3.40. The van der Waals surface area contributed by atoms with Crippen molar-refractivity contribution < 1.29 is 49.3 Å². The van der Waals surface area contributed by atoms with Crippen molar-refractivity contribution in [2.24, 2.45) is 0 Å². The number of ether oxygens (including phenoxy) is 3. The van der Waals surface area contributed by atoms with Gasteiger partial charge in [0.2, 0.25) is 5.91 Å². The summed E-state index contributed by atoms with van der Waals surface area (Å²) in [7, 11) is 0. The van der Waals surface area contributed by atoms with Crippen LogP contribution < -0.4 is 5.32 Å². The molecule has 8 unspecified atom stereocenters. The molecule has 0 aromatic carbocycles. The molecule has 0 radical (unpaired) electrons. The Morgan fingerprint density at radius 1 is 0.527 bits per heavy atom. The first kappa shape index (κ1) is 69.9. The number of hydrogen-bond donors (Lipinski definition) is 6. The van der Waals surface area contributed by atoms with Gasteiger partial charge in [0.1, 0.15) is 24.4 Å². The molecule has 6 N–H and O–H groups in total. The van der Waals surface area contributed by atoms with Gasteiger partial charge in [-0.1, -0.05) is 269 Å². The lowest BCUT2D eigenvalue weighted by atomic mass is 9.99. The first-order chi connectivity index (χ1) is 36.2. The molecule has 0 bridgehead atoms. The standard InChI is InChI=1S/C63H117NO10/c1-4-7-10-13-16-19-22-25-27-28-29-30-31-33-36-39-42-45-48-51-58(68)74-61-60(70)59(69)57(52-65)73-63(61)72-53-54(55(66)49-46-43-40-37-34-24-21-18-15-12-9-6-3)64-62(71)56(67)50-47-44-41-38-35-32-26-23-20-17-14-11-8-5-2/h17,20,23,26,46,49,54-57,59-61,63,65-67,69-70H,4-16,18-19,21-22,24-25,27-45,47-48,50-53H2,1-3H3,(H,64,71)/b20-17+,26-23+,49-46+. The van der Waals surface area contributed by atoms with E-state index in [2.05, 4.69) is 50.4 Å². The Morgan fingerprint density at radius 2 is 0.919 bits per heavy atom. The zero-order chi connectivity index (χ0) is 54.0. The van der Waals surface area contributed by atoms with Crippen LogP contribution in [0.4, 0.5) is 0 Å². The third-order valence-electron chi connectivity index (χ3n) is 14.8. The number of unbranched alkanes of at least 4 members (excludes halogenated alkanes) is 36. The predicted molar refractivity (Wildman–Crippen MR) is 306 cm³/mol. The highest BCUT2D eigenvalue weighted by atomic mass is 16.7. The Bertz CT molecular complexity index is 1340. The molecule has 1 amide bonds. The molecular formula is C63H117NO10. The maximum Gasteiger partial charge on any atom is 0.306 e. The van der Waals surface area contributed by atoms with Crippen LogP contribution in [0, 0.1) is 0 Å². The topological polar surface area (TPSA) is 175 Å². The second-order valence-electron chi connectivity index (χ2n) is 21.8. The number of nitrogens with one attached hydrogen (secondary N) is 1. The highest BCUT2D eigenvalue weighted by molar-refractivity contribution is 5.80. The molecule has 8 atom stereocenters. The van der Waals surface area contributed by atoms with Gasteiger partial charge in [0, 0.05) is 6.42 Å². The minimum absolute atomic E-state index is 0.127. The largest absolute Gasteiger partial charge is 0.454 e. The van der Waals surface area contributed by atoms with E-state index < -0.39 is 67.4 Å². The normalized spacial score (nSPS) is 19.5. The number of rotatable bonds is 53. The van der Waals surface area contributed by atoms with Crippen molar-refractivity contribution in [1.82, 2.24) is 5.32 Å². The third-order valence-corrected chi connectivity index (χ3v) is 14.8. The average molecular weight is 1050 g/mol. The first-order valence-electron chi connectivity index (χ1n) is 31.3. The van der Waals surface area contributed by atoms with E-state index in [-0.39, 0.29) is 19.4 Å². The van der Waals surface area contributed by atoms with E-state index >= 15 is 0 Å². The monoisotopic (exact) mass is 1050 g/mol. The number of allylic oxidation sites excluding steroid dienone is 5. The van der Waals surface area contributed by atoms with Crippen molar-refractivity contribution >= 4 is 11.9 Å². The SMILES string of the molecule is CCCCC/C=C/C=C/CCCCCCCC(O)C(=O)NC(COC1OC(CO)C(O)C(O)C1OC(=O)CCCCCCCCCCCCCCCCCCCCC)C(O)/C=C/CCCCCCCCCCCC. The molecular weight excluding hydrogens is 931 g/mol. The number of carbonyl (C=O) groups is 2. The van der Waals surface area contributed by atoms with Gasteiger partial charge in [0.25, 0.3) is 0 Å². The molecule has 74 heavy (non-hydrogen) atoms. The van der Waals surface area contributed by atoms with Crippen molar-refractivity contribution in [3.05, 3.63) is 36.5 Å². The molecule has 1 aliphatic rings. The van der Waals surface area contributed by atoms with Crippen LogP contribution >= 0.6 is 0 Å². The third kappa shape index (κ3) is 39.3. The van der Waals surface area contributed by atoms with E-state index in [1.807, 2.05) is 6.08 Å². The van der Waals surface area contributed by atoms with Crippen LogP contribution in [-0.2, 0) is 23.8 Å². The molecule has 11 nitrogen and oxygen atoms in total. The van der Waals surface area contributed by atoms with Crippen LogP contribution in [0.25, 0.3) is 0 Å². The van der Waals surface area contributed by atoms with Crippen LogP contribution in [0.1, 0.15) is 290 Å². The lowest BCUT2D eigenvalue weighted by Gasteiger charge is -2.41. The minimum atomic E-state index is -1.61. The van der Waals surface area contributed by atoms with Crippen molar-refractivity contribution in [2.45, 2.75) is 339 Å². The maximum absolute atomic E-state index is 13.4. The fourth-order valence-electron chi connectivity index (χ4n) is 9.82. The summed E-state index contributed by atoms with van der Waals surface area (Å²) in [6.07, 6.45) is 50.4. The van der Waals surface area contributed by atoms with Gasteiger partial charge in [-0.3, -0.25) is 9.59 Å². The molecule has 1 heterocycles. The van der Waals surface area contributed by atoms with Gasteiger partial charge in [-0.25, -0.2) is 0 Å². The lowest BCUT2D eigenvalue weighted by Crippen LogP contribution is -2.61. The fourth-order valence-corrected chi connectivity index (χ4v) is 9.82. The molecule has 1 saturated heterocycles. The van der Waals surface area contributed by atoms with Gasteiger partial charge >= 0.3 is 5.97 Å². The van der Waals surface area contributed by atoms with E-state index in [4.69, 9.17) is 14.2 Å². The Balaban J connectivity index is 2.66. The van der Waals surface area contributed by atoms with E-state index in [9.17, 15) is 35.1 Å². The molecule has 1 fully saturated rings. The molecule has 11 heteroatoms. The van der Waals surface area contributed by atoms with E-state index in [1.165, 1.54) is 167 Å². The smallest absolute Gasteiger partial charge is 0.306 e. The number of carbonyl (C=O) groups excluding carboxylic acids is 2. The van der Waals surface area contributed by atoms with E-state index in [1.54, 1.807) is 6.08 Å². The molecule has 0 aromatic heterocycles. The minimum Gasteiger partial charge on any atom is -0.454 e. The summed E-state index contributed by atoms with van der Waals surface area (Å²) >= 11 is 0. The molecule has 0 saturated carbocycles. The molecule has 1 rings (SSSR count). The number of hydrogen-bond acceptors (Lipinski definition) is 10. The summed E-state index contributed by atoms with van der Waals surface area (Å²) in [5.41, 5.74) is 0. The quantitative estimate of drug-likeness (QED) is 0.0149.